The first-order chi connectivity index (χ1) is 15.0. The number of hydrogen-bond acceptors (Lipinski definition) is 4. The van der Waals surface area contributed by atoms with Gasteiger partial charge in [-0.25, -0.2) is 0 Å². The zero-order valence-corrected chi connectivity index (χ0v) is 18.7. The van der Waals surface area contributed by atoms with E-state index in [0.29, 0.717) is 29.7 Å². The van der Waals surface area contributed by atoms with Gasteiger partial charge >= 0.3 is 0 Å². The summed E-state index contributed by atoms with van der Waals surface area (Å²) in [6, 6.07) is 11.1. The average Bonchev–Trinajstić information content (AvgIpc) is 3.02. The molecule has 0 N–H and O–H groups in total. The van der Waals surface area contributed by atoms with Gasteiger partial charge < -0.3 is 14.1 Å². The van der Waals surface area contributed by atoms with E-state index in [9.17, 15) is 9.59 Å². The van der Waals surface area contributed by atoms with E-state index >= 15 is 0 Å². The molecule has 2 aromatic carbocycles. The number of benzene rings is 2. The van der Waals surface area contributed by atoms with Crippen LogP contribution in [0.3, 0.4) is 0 Å². The van der Waals surface area contributed by atoms with E-state index in [4.69, 9.17) is 9.15 Å². The van der Waals surface area contributed by atoms with E-state index in [1.165, 1.54) is 0 Å². The van der Waals surface area contributed by atoms with Crippen LogP contribution in [0.4, 0.5) is 0 Å². The molecule has 0 saturated carbocycles. The molecule has 5 heteroatoms. The van der Waals surface area contributed by atoms with Crippen molar-refractivity contribution in [1.82, 2.24) is 4.90 Å². The second-order valence-corrected chi connectivity index (χ2v) is 8.30. The molecule has 0 fully saturated rings. The highest BCUT2D eigenvalue weighted by molar-refractivity contribution is 5.99. The normalized spacial score (nSPS) is 15.5. The number of unbranched alkanes of at least 4 members (excludes halogenated alkanes) is 1. The number of carbonyl (C=O) groups is 1. The van der Waals surface area contributed by atoms with Crippen molar-refractivity contribution in [3.63, 3.8) is 0 Å². The second-order valence-electron chi connectivity index (χ2n) is 8.30. The first kappa shape index (κ1) is 21.2. The number of amides is 1. The molecular weight excluding hydrogens is 390 g/mol. The van der Waals surface area contributed by atoms with Crippen molar-refractivity contribution in [3.05, 3.63) is 74.6 Å². The zero-order valence-electron chi connectivity index (χ0n) is 18.7. The Morgan fingerprint density at radius 3 is 2.45 bits per heavy atom. The monoisotopic (exact) mass is 419 g/mol. The molecule has 4 rings (SSSR count). The standard InChI is InChI=1S/C26H29NO4/c1-5-7-13-30-19-10-8-18(9-11-19)22-21-23(28)20-15-16(3)14-17(4)24(20)31-25(21)26(29)27(22)12-6-2/h8-11,14-15,22H,5-7,12-13H2,1-4H3. The quantitative estimate of drug-likeness (QED) is 0.472. The van der Waals surface area contributed by atoms with Gasteiger partial charge in [0.15, 0.2) is 5.43 Å². The van der Waals surface area contributed by atoms with Crippen LogP contribution < -0.4 is 10.2 Å². The summed E-state index contributed by atoms with van der Waals surface area (Å²) in [4.78, 5) is 28.6. The number of fused-ring (bicyclic) bond motifs is 2. The van der Waals surface area contributed by atoms with Gasteiger partial charge in [0.25, 0.3) is 5.91 Å². The fourth-order valence-corrected chi connectivity index (χ4v) is 4.37. The lowest BCUT2D eigenvalue weighted by Gasteiger charge is -2.24. The smallest absolute Gasteiger partial charge is 0.290 e. The molecule has 162 valence electrons. The van der Waals surface area contributed by atoms with E-state index in [-0.39, 0.29) is 17.1 Å². The molecule has 0 aliphatic carbocycles. The molecule has 0 bridgehead atoms. The number of aryl methyl sites for hydroxylation is 2. The topological polar surface area (TPSA) is 59.8 Å². The Bertz CT molecular complexity index is 1180. The lowest BCUT2D eigenvalue weighted by Crippen LogP contribution is -2.30. The highest BCUT2D eigenvalue weighted by Crippen LogP contribution is 2.39. The maximum Gasteiger partial charge on any atom is 0.290 e. The number of carbonyl (C=O) groups excluding carboxylic acids is 1. The van der Waals surface area contributed by atoms with Crippen molar-refractivity contribution in [2.24, 2.45) is 0 Å². The molecular formula is C26H29NO4. The third kappa shape index (κ3) is 3.73. The summed E-state index contributed by atoms with van der Waals surface area (Å²) in [5.74, 6) is 0.746. The summed E-state index contributed by atoms with van der Waals surface area (Å²) < 4.78 is 11.9. The molecule has 1 aromatic heterocycles. The van der Waals surface area contributed by atoms with Crippen LogP contribution in [-0.2, 0) is 0 Å². The Morgan fingerprint density at radius 1 is 1.03 bits per heavy atom. The number of nitrogens with zero attached hydrogens (tertiary/aromatic N) is 1. The molecule has 1 aliphatic heterocycles. The van der Waals surface area contributed by atoms with E-state index in [0.717, 1.165) is 41.7 Å². The molecule has 0 spiro atoms. The van der Waals surface area contributed by atoms with Crippen molar-refractivity contribution < 1.29 is 13.9 Å². The Balaban J connectivity index is 1.84. The van der Waals surface area contributed by atoms with Crippen molar-refractivity contribution in [1.29, 1.82) is 0 Å². The van der Waals surface area contributed by atoms with E-state index in [1.54, 1.807) is 4.90 Å². The Morgan fingerprint density at radius 2 is 1.77 bits per heavy atom. The first-order valence-electron chi connectivity index (χ1n) is 11.1. The van der Waals surface area contributed by atoms with Gasteiger partial charge in [-0.15, -0.1) is 0 Å². The van der Waals surface area contributed by atoms with Gasteiger partial charge in [0.1, 0.15) is 11.3 Å². The largest absolute Gasteiger partial charge is 0.494 e. The predicted octanol–water partition coefficient (Wildman–Crippen LogP) is 5.54. The summed E-state index contributed by atoms with van der Waals surface area (Å²) in [5, 5.41) is 0.534. The van der Waals surface area contributed by atoms with Crippen LogP contribution in [0.1, 0.15) is 72.0 Å². The molecule has 1 amide bonds. The Hall–Kier alpha value is -3.08. The SMILES string of the molecule is CCCCOc1ccc(C2c3c(oc4c(C)cc(C)cc4c3=O)C(=O)N2CCC)cc1. The minimum absolute atomic E-state index is 0.122. The molecule has 2 heterocycles. The third-order valence-electron chi connectivity index (χ3n) is 5.82. The Labute approximate surface area is 182 Å². The molecule has 0 saturated heterocycles. The van der Waals surface area contributed by atoms with Gasteiger partial charge in [-0.1, -0.05) is 38.5 Å². The van der Waals surface area contributed by atoms with Crippen molar-refractivity contribution >= 4 is 16.9 Å². The van der Waals surface area contributed by atoms with Crippen LogP contribution in [0.5, 0.6) is 5.75 Å². The molecule has 5 nitrogen and oxygen atoms in total. The van der Waals surface area contributed by atoms with E-state index in [2.05, 4.69) is 6.92 Å². The summed E-state index contributed by atoms with van der Waals surface area (Å²) in [6.07, 6.45) is 2.87. The highest BCUT2D eigenvalue weighted by Gasteiger charge is 2.42. The lowest BCUT2D eigenvalue weighted by atomic mass is 9.97. The highest BCUT2D eigenvalue weighted by atomic mass is 16.5. The van der Waals surface area contributed by atoms with Gasteiger partial charge in [0, 0.05) is 6.54 Å². The minimum Gasteiger partial charge on any atom is -0.494 e. The van der Waals surface area contributed by atoms with Crippen molar-refractivity contribution in [2.75, 3.05) is 13.2 Å². The molecule has 0 radical (unpaired) electrons. The van der Waals surface area contributed by atoms with Crippen LogP contribution >= 0.6 is 0 Å². The van der Waals surface area contributed by atoms with Crippen molar-refractivity contribution in [3.8, 4) is 5.75 Å². The zero-order chi connectivity index (χ0) is 22.1. The molecule has 1 atom stereocenters. The second kappa shape index (κ2) is 8.58. The van der Waals surface area contributed by atoms with Crippen molar-refractivity contribution in [2.45, 2.75) is 53.0 Å². The molecule has 1 unspecified atom stereocenters. The summed E-state index contributed by atoms with van der Waals surface area (Å²) in [6.45, 7) is 9.25. The van der Waals surface area contributed by atoms with Gasteiger partial charge in [0.2, 0.25) is 5.76 Å². The van der Waals surface area contributed by atoms with Crippen LogP contribution in [0, 0.1) is 13.8 Å². The van der Waals surface area contributed by atoms with Crippen LogP contribution in [0.2, 0.25) is 0 Å². The molecule has 3 aromatic rings. The van der Waals surface area contributed by atoms with Gasteiger partial charge in [-0.3, -0.25) is 9.59 Å². The lowest BCUT2D eigenvalue weighted by molar-refractivity contribution is 0.0728. The maximum atomic E-state index is 13.6. The number of rotatable bonds is 7. The van der Waals surface area contributed by atoms with Crippen LogP contribution in [-0.4, -0.2) is 24.0 Å². The van der Waals surface area contributed by atoms with Gasteiger partial charge in [-0.05, 0) is 61.6 Å². The Kier molecular flexibility index (Phi) is 5.86. The van der Waals surface area contributed by atoms with E-state index < -0.39 is 6.04 Å². The summed E-state index contributed by atoms with van der Waals surface area (Å²) >= 11 is 0. The van der Waals surface area contributed by atoms with Crippen LogP contribution in [0.15, 0.2) is 45.6 Å². The van der Waals surface area contributed by atoms with Gasteiger partial charge in [-0.2, -0.15) is 0 Å². The maximum absolute atomic E-state index is 13.6. The van der Waals surface area contributed by atoms with Crippen LogP contribution in [0.25, 0.3) is 11.0 Å². The molecule has 31 heavy (non-hydrogen) atoms. The minimum atomic E-state index is -0.450. The number of ether oxygens (including phenoxy) is 1. The first-order valence-corrected chi connectivity index (χ1v) is 11.1. The summed E-state index contributed by atoms with van der Waals surface area (Å²) in [7, 11) is 0. The van der Waals surface area contributed by atoms with E-state index in [1.807, 2.05) is 57.2 Å². The average molecular weight is 420 g/mol. The molecule has 1 aliphatic rings. The fourth-order valence-electron chi connectivity index (χ4n) is 4.37. The summed E-state index contributed by atoms with van der Waals surface area (Å²) in [5.41, 5.74) is 3.57. The number of hydrogen-bond donors (Lipinski definition) is 0. The third-order valence-corrected chi connectivity index (χ3v) is 5.82. The van der Waals surface area contributed by atoms with Gasteiger partial charge in [0.05, 0.1) is 23.6 Å². The predicted molar refractivity (Wildman–Crippen MR) is 122 cm³/mol. The fraction of sp³-hybridized carbons (Fsp3) is 0.385.